The summed E-state index contributed by atoms with van der Waals surface area (Å²) in [7, 11) is 0. The summed E-state index contributed by atoms with van der Waals surface area (Å²) in [6.45, 7) is -1.22. The number of fused-ring (bicyclic) bond motifs is 1. The zero-order valence-electron chi connectivity index (χ0n) is 7.03. The molecule has 0 aliphatic carbocycles. The van der Waals surface area contributed by atoms with Crippen molar-refractivity contribution in [2.45, 2.75) is 0 Å². The van der Waals surface area contributed by atoms with E-state index in [2.05, 4.69) is 0 Å². The van der Waals surface area contributed by atoms with Crippen molar-refractivity contribution in [1.29, 1.82) is 0 Å². The molecule has 2 aromatic rings. The van der Waals surface area contributed by atoms with Crippen molar-refractivity contribution in [2.24, 2.45) is 0 Å². The van der Waals surface area contributed by atoms with Crippen molar-refractivity contribution in [3.63, 3.8) is 0 Å². The van der Waals surface area contributed by atoms with Gasteiger partial charge in [-0.1, -0.05) is 18.2 Å². The van der Waals surface area contributed by atoms with Gasteiger partial charge in [0, 0.05) is 12.1 Å². The van der Waals surface area contributed by atoms with Gasteiger partial charge in [0.15, 0.2) is 6.49 Å². The van der Waals surface area contributed by atoms with Gasteiger partial charge in [-0.3, -0.25) is 0 Å². The molecule has 1 aromatic heterocycles. The molecule has 2 rings (SSSR count). The molecule has 0 amide bonds. The molecule has 1 aromatic carbocycles. The molecule has 68 valence electrons. The molecular weight excluding hydrogens is 207 g/mol. The molecule has 0 saturated carbocycles. The molecule has 0 spiro atoms. The quantitative estimate of drug-likeness (QED) is 0.683. The highest BCUT2D eigenvalue weighted by Gasteiger charge is 2.19. The number of para-hydroxylation sites is 1. The summed E-state index contributed by atoms with van der Waals surface area (Å²) in [5, 5.41) is 1.44. The molecule has 4 heteroatoms. The molecule has 0 N–H and O–H groups in total. The summed E-state index contributed by atoms with van der Waals surface area (Å²) in [5.74, 6) is 0. The lowest BCUT2D eigenvalue weighted by Crippen LogP contribution is -1.95. The first-order chi connectivity index (χ1) is 6.09. The minimum Gasteiger partial charge on any atom is -0.463 e. The molecule has 0 saturated heterocycles. The summed E-state index contributed by atoms with van der Waals surface area (Å²) in [5.41, 5.74) is 0.722. The second kappa shape index (κ2) is 2.90. The maximum Gasteiger partial charge on any atom is 0.198 e. The zero-order valence-corrected chi connectivity index (χ0v) is 8.68. The maximum absolute atomic E-state index is 11.6. The van der Waals surface area contributed by atoms with Crippen LogP contribution >= 0.6 is 17.7 Å². The van der Waals surface area contributed by atoms with E-state index < -0.39 is 6.49 Å². The highest BCUT2D eigenvalue weighted by molar-refractivity contribution is 7.94. The zero-order chi connectivity index (χ0) is 9.47. The third-order valence-corrected chi connectivity index (χ3v) is 3.64. The minimum absolute atomic E-state index is 0.602. The normalized spacial score (nSPS) is 15.8. The fraction of sp³-hybridized carbons (Fsp3) is 0.111. The monoisotopic (exact) mass is 214 g/mol. The van der Waals surface area contributed by atoms with Gasteiger partial charge in [-0.15, -0.1) is 0 Å². The van der Waals surface area contributed by atoms with Crippen LogP contribution in [-0.4, -0.2) is 6.66 Å². The predicted molar refractivity (Wildman–Crippen MR) is 55.2 cm³/mol. The van der Waals surface area contributed by atoms with Crippen LogP contribution in [0.2, 0.25) is 0 Å². The molecule has 0 bridgehead atoms. The summed E-state index contributed by atoms with van der Waals surface area (Å²) >= 11 is 5.77. The summed E-state index contributed by atoms with van der Waals surface area (Å²) in [4.78, 5) is 0. The molecule has 2 nitrogen and oxygen atoms in total. The lowest BCUT2D eigenvalue weighted by atomic mass is 10.3. The van der Waals surface area contributed by atoms with Crippen LogP contribution in [0.4, 0.5) is 0 Å². The van der Waals surface area contributed by atoms with Crippen molar-refractivity contribution in [3.05, 3.63) is 30.5 Å². The van der Waals surface area contributed by atoms with Crippen LogP contribution in [0.25, 0.3) is 11.0 Å². The standard InChI is InChI=1S/C9H8ClO2P/c1-13(10,11)9-6-12-8-5-3-2-4-7(8)9/h2-6H,1H3. The van der Waals surface area contributed by atoms with E-state index in [0.29, 0.717) is 5.30 Å². The van der Waals surface area contributed by atoms with Crippen molar-refractivity contribution in [2.75, 3.05) is 6.66 Å². The van der Waals surface area contributed by atoms with Crippen LogP contribution in [-0.2, 0) is 4.57 Å². The Kier molecular flexibility index (Phi) is 1.98. The molecule has 0 radical (unpaired) electrons. The SMILES string of the molecule is CP(=O)(Cl)c1coc2ccccc12. The number of furan rings is 1. The Morgan fingerprint density at radius 1 is 1.38 bits per heavy atom. The Balaban J connectivity index is 2.79. The van der Waals surface area contributed by atoms with E-state index in [9.17, 15) is 4.57 Å². The first-order valence-electron chi connectivity index (χ1n) is 3.83. The molecule has 0 aliphatic heterocycles. The van der Waals surface area contributed by atoms with Crippen LogP contribution in [0.1, 0.15) is 0 Å². The third-order valence-electron chi connectivity index (χ3n) is 1.89. The summed E-state index contributed by atoms with van der Waals surface area (Å²) in [6.07, 6.45) is 1.47. The first-order valence-corrected chi connectivity index (χ1v) is 6.89. The fourth-order valence-electron chi connectivity index (χ4n) is 1.27. The van der Waals surface area contributed by atoms with E-state index in [1.165, 1.54) is 12.9 Å². The van der Waals surface area contributed by atoms with E-state index in [0.717, 1.165) is 11.0 Å². The number of hydrogen-bond acceptors (Lipinski definition) is 2. The molecule has 13 heavy (non-hydrogen) atoms. The van der Waals surface area contributed by atoms with Gasteiger partial charge in [-0.05, 0) is 17.3 Å². The van der Waals surface area contributed by atoms with Crippen molar-refractivity contribution < 1.29 is 8.98 Å². The number of benzene rings is 1. The molecular formula is C9H8ClO2P. The van der Waals surface area contributed by atoms with Crippen LogP contribution in [0.3, 0.4) is 0 Å². The minimum atomic E-state index is -2.74. The van der Waals surface area contributed by atoms with E-state index in [4.69, 9.17) is 15.7 Å². The van der Waals surface area contributed by atoms with E-state index >= 15 is 0 Å². The van der Waals surface area contributed by atoms with E-state index in [1.54, 1.807) is 0 Å². The van der Waals surface area contributed by atoms with Crippen LogP contribution in [0.15, 0.2) is 34.9 Å². The van der Waals surface area contributed by atoms with Gasteiger partial charge in [0.1, 0.15) is 11.8 Å². The topological polar surface area (TPSA) is 30.2 Å². The van der Waals surface area contributed by atoms with E-state index in [1.807, 2.05) is 24.3 Å². The average molecular weight is 215 g/mol. The molecule has 1 heterocycles. The van der Waals surface area contributed by atoms with Gasteiger partial charge in [-0.25, -0.2) is 0 Å². The molecule has 1 atom stereocenters. The van der Waals surface area contributed by atoms with Gasteiger partial charge < -0.3 is 8.98 Å². The molecule has 0 fully saturated rings. The van der Waals surface area contributed by atoms with Gasteiger partial charge in [0.2, 0.25) is 0 Å². The van der Waals surface area contributed by atoms with Crippen molar-refractivity contribution >= 4 is 34.0 Å². The van der Waals surface area contributed by atoms with Crippen LogP contribution in [0, 0.1) is 0 Å². The predicted octanol–water partition coefficient (Wildman–Crippen LogP) is 3.20. The summed E-state index contributed by atoms with van der Waals surface area (Å²) < 4.78 is 16.8. The van der Waals surface area contributed by atoms with Gasteiger partial charge in [-0.2, -0.15) is 0 Å². The highest BCUT2D eigenvalue weighted by atomic mass is 35.7. The molecule has 0 aliphatic rings. The van der Waals surface area contributed by atoms with Crippen molar-refractivity contribution in [3.8, 4) is 0 Å². The molecule has 1 unspecified atom stereocenters. The van der Waals surface area contributed by atoms with Crippen LogP contribution in [0.5, 0.6) is 0 Å². The van der Waals surface area contributed by atoms with Crippen molar-refractivity contribution in [1.82, 2.24) is 0 Å². The van der Waals surface area contributed by atoms with Crippen LogP contribution < -0.4 is 5.30 Å². The van der Waals surface area contributed by atoms with Gasteiger partial charge >= 0.3 is 0 Å². The van der Waals surface area contributed by atoms with Gasteiger partial charge in [0.05, 0.1) is 5.30 Å². The largest absolute Gasteiger partial charge is 0.463 e. The Hall–Kier alpha value is -0.720. The summed E-state index contributed by atoms with van der Waals surface area (Å²) in [6, 6.07) is 7.41. The first kappa shape index (κ1) is 8.86. The van der Waals surface area contributed by atoms with Gasteiger partial charge in [0.25, 0.3) is 0 Å². The Labute approximate surface area is 80.7 Å². The Morgan fingerprint density at radius 2 is 2.08 bits per heavy atom. The smallest absolute Gasteiger partial charge is 0.198 e. The lowest BCUT2D eigenvalue weighted by molar-refractivity contribution is 0.591. The maximum atomic E-state index is 11.6. The Morgan fingerprint density at radius 3 is 2.77 bits per heavy atom. The lowest BCUT2D eigenvalue weighted by Gasteiger charge is -1.99. The average Bonchev–Trinajstić information content (AvgIpc) is 2.45. The third kappa shape index (κ3) is 1.52. The fourth-order valence-corrected chi connectivity index (χ4v) is 2.52. The second-order valence-corrected chi connectivity index (χ2v) is 6.99. The number of rotatable bonds is 1. The number of halogens is 1. The van der Waals surface area contributed by atoms with E-state index in [-0.39, 0.29) is 0 Å². The second-order valence-electron chi connectivity index (χ2n) is 2.94. The highest BCUT2D eigenvalue weighted by Crippen LogP contribution is 2.47. The number of hydrogen-bond donors (Lipinski definition) is 0. The Bertz CT molecular complexity index is 483.